The van der Waals surface area contributed by atoms with E-state index in [-0.39, 0.29) is 0 Å². The van der Waals surface area contributed by atoms with E-state index in [1.807, 2.05) is 6.07 Å². The number of piperidine rings is 1. The number of nitrogens with one attached hydrogen (secondary N) is 2. The fourth-order valence-corrected chi connectivity index (χ4v) is 1.60. The zero-order valence-corrected chi connectivity index (χ0v) is 7.62. The number of hydrogen-bond donors (Lipinski definition) is 2. The van der Waals surface area contributed by atoms with Crippen molar-refractivity contribution in [2.75, 3.05) is 19.7 Å². The minimum absolute atomic E-state index is 0.650. The fourth-order valence-electron chi connectivity index (χ4n) is 1.60. The van der Waals surface area contributed by atoms with Gasteiger partial charge < -0.3 is 10.1 Å². The van der Waals surface area contributed by atoms with Gasteiger partial charge in [0.05, 0.1) is 12.8 Å². The van der Waals surface area contributed by atoms with Gasteiger partial charge in [-0.1, -0.05) is 0 Å². The Morgan fingerprint density at radius 3 is 3.31 bits per heavy atom. The SMILES string of the molecule is c1cc(OCC2CCCNC2)[nH]n1. The number of aromatic nitrogens is 2. The molecular weight excluding hydrogens is 166 g/mol. The molecule has 1 aromatic rings. The minimum Gasteiger partial charge on any atom is -0.478 e. The molecule has 0 spiro atoms. The molecule has 2 heterocycles. The highest BCUT2D eigenvalue weighted by molar-refractivity contribution is 5.04. The summed E-state index contributed by atoms with van der Waals surface area (Å²) < 4.78 is 5.53. The van der Waals surface area contributed by atoms with Crippen LogP contribution in [0.4, 0.5) is 0 Å². The second kappa shape index (κ2) is 4.28. The third-order valence-electron chi connectivity index (χ3n) is 2.35. The minimum atomic E-state index is 0.650. The lowest BCUT2D eigenvalue weighted by atomic mass is 10.0. The van der Waals surface area contributed by atoms with Gasteiger partial charge in [0, 0.05) is 18.5 Å². The zero-order chi connectivity index (χ0) is 8.93. The summed E-state index contributed by atoms with van der Waals surface area (Å²) >= 11 is 0. The average molecular weight is 181 g/mol. The van der Waals surface area contributed by atoms with Crippen molar-refractivity contribution in [2.24, 2.45) is 5.92 Å². The molecule has 2 N–H and O–H groups in total. The summed E-state index contributed by atoms with van der Waals surface area (Å²) in [4.78, 5) is 0. The van der Waals surface area contributed by atoms with Gasteiger partial charge in [0.1, 0.15) is 0 Å². The van der Waals surface area contributed by atoms with Gasteiger partial charge in [-0.15, -0.1) is 0 Å². The molecule has 1 aliphatic rings. The maximum Gasteiger partial charge on any atom is 0.209 e. The highest BCUT2D eigenvalue weighted by Gasteiger charge is 2.13. The molecule has 0 amide bonds. The van der Waals surface area contributed by atoms with Crippen molar-refractivity contribution in [1.82, 2.24) is 15.5 Å². The van der Waals surface area contributed by atoms with Crippen LogP contribution in [-0.4, -0.2) is 29.9 Å². The smallest absolute Gasteiger partial charge is 0.209 e. The van der Waals surface area contributed by atoms with E-state index < -0.39 is 0 Å². The van der Waals surface area contributed by atoms with Gasteiger partial charge in [-0.05, 0) is 19.4 Å². The van der Waals surface area contributed by atoms with Crippen LogP contribution in [-0.2, 0) is 0 Å². The molecule has 0 bridgehead atoms. The quantitative estimate of drug-likeness (QED) is 0.724. The molecule has 1 fully saturated rings. The number of aromatic amines is 1. The predicted molar refractivity (Wildman–Crippen MR) is 49.7 cm³/mol. The standard InChI is InChI=1S/C9H15N3O/c1-2-8(6-10-4-1)7-13-9-3-5-11-12-9/h3,5,8,10H,1-2,4,6-7H2,(H,11,12). The molecular formula is C9H15N3O. The van der Waals surface area contributed by atoms with Crippen LogP contribution in [0.1, 0.15) is 12.8 Å². The highest BCUT2D eigenvalue weighted by Crippen LogP contribution is 2.12. The Balaban J connectivity index is 1.72. The van der Waals surface area contributed by atoms with Crippen molar-refractivity contribution in [1.29, 1.82) is 0 Å². The van der Waals surface area contributed by atoms with Crippen LogP contribution in [0.25, 0.3) is 0 Å². The summed E-state index contributed by atoms with van der Waals surface area (Å²) in [7, 11) is 0. The topological polar surface area (TPSA) is 49.9 Å². The second-order valence-corrected chi connectivity index (χ2v) is 3.44. The van der Waals surface area contributed by atoms with Gasteiger partial charge in [0.25, 0.3) is 0 Å². The summed E-state index contributed by atoms with van der Waals surface area (Å²) in [5.41, 5.74) is 0. The highest BCUT2D eigenvalue weighted by atomic mass is 16.5. The summed E-state index contributed by atoms with van der Waals surface area (Å²) in [6.45, 7) is 3.02. The lowest BCUT2D eigenvalue weighted by molar-refractivity contribution is 0.212. The molecule has 4 heteroatoms. The van der Waals surface area contributed by atoms with E-state index in [2.05, 4.69) is 15.5 Å². The first-order valence-corrected chi connectivity index (χ1v) is 4.78. The molecule has 1 atom stereocenters. The molecule has 0 aromatic carbocycles. The third kappa shape index (κ3) is 2.45. The van der Waals surface area contributed by atoms with E-state index >= 15 is 0 Å². The zero-order valence-electron chi connectivity index (χ0n) is 7.62. The summed E-state index contributed by atoms with van der Waals surface area (Å²) in [5, 5.41) is 9.96. The molecule has 2 rings (SSSR count). The van der Waals surface area contributed by atoms with Gasteiger partial charge in [-0.3, -0.25) is 0 Å². The average Bonchev–Trinajstić information content (AvgIpc) is 2.69. The fraction of sp³-hybridized carbons (Fsp3) is 0.667. The normalized spacial score (nSPS) is 22.9. The van der Waals surface area contributed by atoms with E-state index in [1.54, 1.807) is 6.20 Å². The first kappa shape index (κ1) is 8.56. The predicted octanol–water partition coefficient (Wildman–Crippen LogP) is 0.788. The number of H-pyrrole nitrogens is 1. The van der Waals surface area contributed by atoms with Crippen molar-refractivity contribution in [3.05, 3.63) is 12.3 Å². The molecule has 72 valence electrons. The first-order valence-electron chi connectivity index (χ1n) is 4.78. The van der Waals surface area contributed by atoms with E-state index in [0.717, 1.165) is 25.6 Å². The number of ether oxygens (including phenoxy) is 1. The van der Waals surface area contributed by atoms with E-state index in [9.17, 15) is 0 Å². The molecule has 1 saturated heterocycles. The first-order chi connectivity index (χ1) is 6.45. The van der Waals surface area contributed by atoms with Crippen molar-refractivity contribution in [3.8, 4) is 5.88 Å². The summed E-state index contributed by atoms with van der Waals surface area (Å²) in [6.07, 6.45) is 4.23. The van der Waals surface area contributed by atoms with Gasteiger partial charge in [0.15, 0.2) is 0 Å². The van der Waals surface area contributed by atoms with Crippen LogP contribution in [0.15, 0.2) is 12.3 Å². The van der Waals surface area contributed by atoms with Gasteiger partial charge in [-0.25, -0.2) is 5.10 Å². The Morgan fingerprint density at radius 2 is 2.62 bits per heavy atom. The molecule has 1 aromatic heterocycles. The van der Waals surface area contributed by atoms with Crippen LogP contribution in [0.2, 0.25) is 0 Å². The molecule has 13 heavy (non-hydrogen) atoms. The third-order valence-corrected chi connectivity index (χ3v) is 2.35. The Bertz CT molecular complexity index is 229. The van der Waals surface area contributed by atoms with Crippen LogP contribution in [0.5, 0.6) is 5.88 Å². The largest absolute Gasteiger partial charge is 0.478 e. The number of nitrogens with zero attached hydrogens (tertiary/aromatic N) is 1. The van der Waals surface area contributed by atoms with E-state index in [1.165, 1.54) is 12.8 Å². The van der Waals surface area contributed by atoms with Crippen molar-refractivity contribution >= 4 is 0 Å². The summed E-state index contributed by atoms with van der Waals surface area (Å²) in [6, 6.07) is 1.84. The van der Waals surface area contributed by atoms with Gasteiger partial charge in [0.2, 0.25) is 5.88 Å². The Morgan fingerprint density at radius 1 is 1.62 bits per heavy atom. The Hall–Kier alpha value is -1.03. The molecule has 0 radical (unpaired) electrons. The molecule has 1 unspecified atom stereocenters. The maximum atomic E-state index is 5.53. The van der Waals surface area contributed by atoms with E-state index in [4.69, 9.17) is 4.74 Å². The monoisotopic (exact) mass is 181 g/mol. The molecule has 1 aliphatic heterocycles. The number of rotatable bonds is 3. The second-order valence-electron chi connectivity index (χ2n) is 3.44. The molecule has 4 nitrogen and oxygen atoms in total. The van der Waals surface area contributed by atoms with Gasteiger partial charge in [-0.2, -0.15) is 5.10 Å². The number of hydrogen-bond acceptors (Lipinski definition) is 3. The lowest BCUT2D eigenvalue weighted by Crippen LogP contribution is -2.33. The van der Waals surface area contributed by atoms with Crippen LogP contribution in [0, 0.1) is 5.92 Å². The summed E-state index contributed by atoms with van der Waals surface area (Å²) in [5.74, 6) is 1.42. The van der Waals surface area contributed by atoms with Crippen LogP contribution >= 0.6 is 0 Å². The van der Waals surface area contributed by atoms with Gasteiger partial charge >= 0.3 is 0 Å². The van der Waals surface area contributed by atoms with Crippen LogP contribution in [0.3, 0.4) is 0 Å². The van der Waals surface area contributed by atoms with Crippen molar-refractivity contribution < 1.29 is 4.74 Å². The van der Waals surface area contributed by atoms with E-state index in [0.29, 0.717) is 5.92 Å². The van der Waals surface area contributed by atoms with Crippen molar-refractivity contribution in [2.45, 2.75) is 12.8 Å². The lowest BCUT2D eigenvalue weighted by Gasteiger charge is -2.22. The Kier molecular flexibility index (Phi) is 2.82. The Labute approximate surface area is 77.7 Å². The van der Waals surface area contributed by atoms with Crippen molar-refractivity contribution in [3.63, 3.8) is 0 Å². The molecule has 0 saturated carbocycles. The maximum absolute atomic E-state index is 5.53. The van der Waals surface area contributed by atoms with Crippen LogP contribution < -0.4 is 10.1 Å². The molecule has 0 aliphatic carbocycles.